The van der Waals surface area contributed by atoms with E-state index in [1.165, 1.54) is 32.1 Å². The zero-order valence-electron chi connectivity index (χ0n) is 11.4. The van der Waals surface area contributed by atoms with Crippen LogP contribution in [0.4, 0.5) is 0 Å². The predicted molar refractivity (Wildman–Crippen MR) is 75.1 cm³/mol. The van der Waals surface area contributed by atoms with Crippen molar-refractivity contribution in [2.45, 2.75) is 56.8 Å². The third kappa shape index (κ3) is 2.93. The minimum atomic E-state index is 0.202. The van der Waals surface area contributed by atoms with E-state index in [2.05, 4.69) is 0 Å². The fourth-order valence-corrected chi connectivity index (χ4v) is 3.35. The molecule has 3 nitrogen and oxygen atoms in total. The topological polar surface area (TPSA) is 44.5 Å². The van der Waals surface area contributed by atoms with Crippen LogP contribution in [0.1, 0.15) is 44.1 Å². The van der Waals surface area contributed by atoms with Crippen LogP contribution in [0.25, 0.3) is 0 Å². The van der Waals surface area contributed by atoms with Crippen molar-refractivity contribution in [1.29, 1.82) is 0 Å². The number of nitrogens with two attached hydrogens (primary N) is 1. The summed E-state index contributed by atoms with van der Waals surface area (Å²) in [5.74, 6) is 0.902. The van der Waals surface area contributed by atoms with Gasteiger partial charge in [0.1, 0.15) is 12.4 Å². The van der Waals surface area contributed by atoms with E-state index in [0.717, 1.165) is 17.7 Å². The van der Waals surface area contributed by atoms with Gasteiger partial charge >= 0.3 is 0 Å². The number of rotatable bonds is 4. The van der Waals surface area contributed by atoms with Crippen LogP contribution in [0, 0.1) is 0 Å². The lowest BCUT2D eigenvalue weighted by Gasteiger charge is -2.23. The van der Waals surface area contributed by atoms with Gasteiger partial charge in [0, 0.05) is 6.54 Å². The van der Waals surface area contributed by atoms with E-state index < -0.39 is 0 Å². The van der Waals surface area contributed by atoms with E-state index >= 15 is 0 Å². The summed E-state index contributed by atoms with van der Waals surface area (Å²) in [5, 5.41) is 0. The second kappa shape index (κ2) is 5.51. The van der Waals surface area contributed by atoms with Gasteiger partial charge in [-0.25, -0.2) is 0 Å². The molecule has 19 heavy (non-hydrogen) atoms. The molecule has 2 N–H and O–H groups in total. The Morgan fingerprint density at radius 1 is 1.26 bits per heavy atom. The molecule has 0 radical (unpaired) electrons. The van der Waals surface area contributed by atoms with Crippen LogP contribution < -0.4 is 10.5 Å². The Labute approximate surface area is 115 Å². The molecule has 1 saturated carbocycles. The van der Waals surface area contributed by atoms with E-state index in [4.69, 9.17) is 15.2 Å². The number of benzene rings is 1. The van der Waals surface area contributed by atoms with Gasteiger partial charge in [-0.05, 0) is 43.4 Å². The van der Waals surface area contributed by atoms with Gasteiger partial charge in [0.2, 0.25) is 0 Å². The largest absolute Gasteiger partial charge is 0.491 e. The lowest BCUT2D eigenvalue weighted by molar-refractivity contribution is -0.0508. The zero-order valence-corrected chi connectivity index (χ0v) is 11.4. The second-order valence-corrected chi connectivity index (χ2v) is 5.83. The van der Waals surface area contributed by atoms with Crippen molar-refractivity contribution in [2.24, 2.45) is 5.73 Å². The van der Waals surface area contributed by atoms with Crippen molar-refractivity contribution >= 4 is 0 Å². The molecule has 0 amide bonds. The van der Waals surface area contributed by atoms with Gasteiger partial charge in [-0.15, -0.1) is 0 Å². The fraction of sp³-hybridized carbons (Fsp3) is 0.625. The van der Waals surface area contributed by atoms with E-state index in [9.17, 15) is 0 Å². The highest BCUT2D eigenvalue weighted by atomic mass is 16.6. The molecule has 1 heterocycles. The molecule has 3 heteroatoms. The molecule has 1 atom stereocenters. The molecule has 1 aromatic rings. The molecule has 0 bridgehead atoms. The molecule has 3 rings (SSSR count). The Kier molecular flexibility index (Phi) is 3.76. The Balaban J connectivity index is 1.52. The van der Waals surface area contributed by atoms with Crippen LogP contribution >= 0.6 is 0 Å². The maximum Gasteiger partial charge on any atom is 0.119 e. The van der Waals surface area contributed by atoms with Crippen molar-refractivity contribution < 1.29 is 9.47 Å². The van der Waals surface area contributed by atoms with Crippen molar-refractivity contribution in [3.05, 3.63) is 29.8 Å². The first-order valence-electron chi connectivity index (χ1n) is 7.39. The van der Waals surface area contributed by atoms with Gasteiger partial charge in [0.05, 0.1) is 11.7 Å². The molecule has 1 unspecified atom stereocenters. The van der Waals surface area contributed by atoms with Crippen LogP contribution in [0.15, 0.2) is 24.3 Å². The molecule has 1 aliphatic heterocycles. The first-order chi connectivity index (χ1) is 9.30. The van der Waals surface area contributed by atoms with Crippen LogP contribution in [0.3, 0.4) is 0 Å². The summed E-state index contributed by atoms with van der Waals surface area (Å²) >= 11 is 0. The molecular weight excluding hydrogens is 238 g/mol. The van der Waals surface area contributed by atoms with Crippen LogP contribution in [0.2, 0.25) is 0 Å². The monoisotopic (exact) mass is 261 g/mol. The zero-order chi connectivity index (χ0) is 13.1. The lowest BCUT2D eigenvalue weighted by atomic mass is 9.98. The molecule has 1 aliphatic carbocycles. The number of ether oxygens (including phenoxy) is 2. The third-order valence-corrected chi connectivity index (χ3v) is 4.42. The van der Waals surface area contributed by atoms with E-state index in [1.807, 2.05) is 24.3 Å². The average Bonchev–Trinajstić information content (AvgIpc) is 3.08. The molecule has 0 aromatic heterocycles. The van der Waals surface area contributed by atoms with Crippen molar-refractivity contribution in [2.75, 3.05) is 6.61 Å². The summed E-state index contributed by atoms with van der Waals surface area (Å²) in [5.41, 5.74) is 6.95. The number of hydrogen-bond donors (Lipinski definition) is 1. The van der Waals surface area contributed by atoms with E-state index in [1.54, 1.807) is 0 Å². The maximum atomic E-state index is 6.24. The first kappa shape index (κ1) is 12.9. The molecule has 1 spiro atoms. The normalized spacial score (nSPS) is 25.0. The minimum Gasteiger partial charge on any atom is -0.491 e. The van der Waals surface area contributed by atoms with Crippen molar-refractivity contribution in [3.8, 4) is 5.75 Å². The highest BCUT2D eigenvalue weighted by Crippen LogP contribution is 2.43. The van der Waals surface area contributed by atoms with Crippen LogP contribution in [0.5, 0.6) is 5.75 Å². The van der Waals surface area contributed by atoms with E-state index in [-0.39, 0.29) is 11.7 Å². The maximum absolute atomic E-state index is 6.24. The Morgan fingerprint density at radius 2 is 2.11 bits per heavy atom. The molecule has 104 valence electrons. The van der Waals surface area contributed by atoms with Gasteiger partial charge < -0.3 is 15.2 Å². The molecule has 1 aromatic carbocycles. The summed E-state index contributed by atoms with van der Waals surface area (Å²) in [4.78, 5) is 0. The summed E-state index contributed by atoms with van der Waals surface area (Å²) in [6, 6.07) is 8.01. The minimum absolute atomic E-state index is 0.202. The Hall–Kier alpha value is -1.06. The van der Waals surface area contributed by atoms with Gasteiger partial charge in [0.15, 0.2) is 0 Å². The summed E-state index contributed by atoms with van der Waals surface area (Å²) in [6.07, 6.45) is 7.75. The smallest absolute Gasteiger partial charge is 0.119 e. The van der Waals surface area contributed by atoms with Crippen molar-refractivity contribution in [3.63, 3.8) is 0 Å². The Bertz CT molecular complexity index is 427. The van der Waals surface area contributed by atoms with Gasteiger partial charge in [-0.3, -0.25) is 0 Å². The van der Waals surface area contributed by atoms with E-state index in [0.29, 0.717) is 13.2 Å². The van der Waals surface area contributed by atoms with Gasteiger partial charge in [0.25, 0.3) is 0 Å². The first-order valence-corrected chi connectivity index (χ1v) is 7.39. The molecule has 2 aliphatic rings. The molecular formula is C16H23NO2. The standard InChI is InChI=1S/C16H23NO2/c17-11-13-4-3-5-14(10-13)18-12-15-6-9-16(19-15)7-1-2-8-16/h3-5,10,15H,1-2,6-9,11-12,17H2. The quantitative estimate of drug-likeness (QED) is 0.906. The summed E-state index contributed by atoms with van der Waals surface area (Å²) in [7, 11) is 0. The summed E-state index contributed by atoms with van der Waals surface area (Å²) < 4.78 is 12.1. The third-order valence-electron chi connectivity index (χ3n) is 4.42. The van der Waals surface area contributed by atoms with Crippen LogP contribution in [-0.4, -0.2) is 18.3 Å². The molecule has 1 saturated heterocycles. The predicted octanol–water partition coefficient (Wildman–Crippen LogP) is 3.02. The van der Waals surface area contributed by atoms with Crippen LogP contribution in [-0.2, 0) is 11.3 Å². The Morgan fingerprint density at radius 3 is 2.89 bits per heavy atom. The van der Waals surface area contributed by atoms with Crippen molar-refractivity contribution in [1.82, 2.24) is 0 Å². The van der Waals surface area contributed by atoms with Gasteiger partial charge in [-0.1, -0.05) is 25.0 Å². The SMILES string of the molecule is NCc1cccc(OCC2CCC3(CCCC3)O2)c1. The van der Waals surface area contributed by atoms with Gasteiger partial charge in [-0.2, -0.15) is 0 Å². The average molecular weight is 261 g/mol. The number of hydrogen-bond acceptors (Lipinski definition) is 3. The molecule has 2 fully saturated rings. The fourth-order valence-electron chi connectivity index (χ4n) is 3.35. The lowest BCUT2D eigenvalue weighted by Crippen LogP contribution is -2.27. The second-order valence-electron chi connectivity index (χ2n) is 5.83. The summed E-state index contributed by atoms with van der Waals surface area (Å²) in [6.45, 7) is 1.22. The highest BCUT2D eigenvalue weighted by Gasteiger charge is 2.42. The highest BCUT2D eigenvalue weighted by molar-refractivity contribution is 5.28.